The fraction of sp³-hybridized carbons (Fsp3) is 0. The first-order valence-electron chi connectivity index (χ1n) is 4.61. The number of rotatable bonds is 3. The summed E-state index contributed by atoms with van der Waals surface area (Å²) in [6, 6.07) is 10.2. The molecule has 0 aliphatic heterocycles. The van der Waals surface area contributed by atoms with E-state index < -0.39 is 5.97 Å². The van der Waals surface area contributed by atoms with Gasteiger partial charge in [-0.2, -0.15) is 0 Å². The van der Waals surface area contributed by atoms with E-state index in [9.17, 15) is 4.79 Å². The van der Waals surface area contributed by atoms with E-state index in [0.29, 0.717) is 5.76 Å². The van der Waals surface area contributed by atoms with Gasteiger partial charge in [-0.1, -0.05) is 0 Å². The molecule has 0 atom stereocenters. The SMILES string of the molecule is C=Nc1ccc(-c2ccc(C(=O)O)o2)cc1. The Morgan fingerprint density at radius 3 is 2.38 bits per heavy atom. The molecule has 0 saturated carbocycles. The van der Waals surface area contributed by atoms with Crippen LogP contribution < -0.4 is 0 Å². The second kappa shape index (κ2) is 4.02. The van der Waals surface area contributed by atoms with Crippen LogP contribution >= 0.6 is 0 Å². The highest BCUT2D eigenvalue weighted by molar-refractivity contribution is 5.85. The molecule has 80 valence electrons. The smallest absolute Gasteiger partial charge is 0.371 e. The van der Waals surface area contributed by atoms with Crippen molar-refractivity contribution in [3.63, 3.8) is 0 Å². The van der Waals surface area contributed by atoms with Crippen molar-refractivity contribution in [2.45, 2.75) is 0 Å². The fourth-order valence-corrected chi connectivity index (χ4v) is 1.34. The van der Waals surface area contributed by atoms with Crippen LogP contribution in [-0.4, -0.2) is 17.8 Å². The van der Waals surface area contributed by atoms with Gasteiger partial charge in [0, 0.05) is 5.56 Å². The van der Waals surface area contributed by atoms with Gasteiger partial charge in [0.25, 0.3) is 0 Å². The van der Waals surface area contributed by atoms with Gasteiger partial charge in [-0.3, -0.25) is 4.99 Å². The van der Waals surface area contributed by atoms with E-state index in [0.717, 1.165) is 11.3 Å². The standard InChI is InChI=1S/C12H9NO3/c1-13-9-4-2-8(3-5-9)10-6-7-11(16-10)12(14)15/h2-7H,1H2,(H,14,15). The summed E-state index contributed by atoms with van der Waals surface area (Å²) >= 11 is 0. The summed E-state index contributed by atoms with van der Waals surface area (Å²) in [6.07, 6.45) is 0. The Morgan fingerprint density at radius 2 is 1.88 bits per heavy atom. The van der Waals surface area contributed by atoms with Gasteiger partial charge in [-0.05, 0) is 43.1 Å². The number of furan rings is 1. The van der Waals surface area contributed by atoms with E-state index in [1.807, 2.05) is 0 Å². The van der Waals surface area contributed by atoms with Crippen molar-refractivity contribution in [1.29, 1.82) is 0 Å². The highest BCUT2D eigenvalue weighted by Gasteiger charge is 2.09. The highest BCUT2D eigenvalue weighted by Crippen LogP contribution is 2.24. The van der Waals surface area contributed by atoms with Crippen molar-refractivity contribution < 1.29 is 14.3 Å². The topological polar surface area (TPSA) is 62.8 Å². The van der Waals surface area contributed by atoms with Crippen molar-refractivity contribution in [3.05, 3.63) is 42.2 Å². The minimum absolute atomic E-state index is 0.0686. The Balaban J connectivity index is 2.35. The lowest BCUT2D eigenvalue weighted by Crippen LogP contribution is -1.91. The molecule has 1 aromatic carbocycles. The molecule has 0 bridgehead atoms. The molecule has 0 spiro atoms. The third-order valence-electron chi connectivity index (χ3n) is 2.15. The molecule has 0 unspecified atom stereocenters. The molecule has 0 aliphatic rings. The van der Waals surface area contributed by atoms with Crippen LogP contribution in [0, 0.1) is 0 Å². The van der Waals surface area contributed by atoms with Crippen LogP contribution in [0.2, 0.25) is 0 Å². The van der Waals surface area contributed by atoms with Crippen LogP contribution in [0.4, 0.5) is 5.69 Å². The molecule has 0 fully saturated rings. The van der Waals surface area contributed by atoms with Crippen molar-refractivity contribution in [1.82, 2.24) is 0 Å². The Bertz CT molecular complexity index is 525. The van der Waals surface area contributed by atoms with Crippen LogP contribution in [0.25, 0.3) is 11.3 Å². The largest absolute Gasteiger partial charge is 0.475 e. The number of benzene rings is 1. The summed E-state index contributed by atoms with van der Waals surface area (Å²) in [5, 5.41) is 8.71. The van der Waals surface area contributed by atoms with E-state index in [4.69, 9.17) is 9.52 Å². The molecular weight excluding hydrogens is 206 g/mol. The molecule has 0 saturated heterocycles. The number of carbonyl (C=O) groups is 1. The van der Waals surface area contributed by atoms with Gasteiger partial charge in [-0.15, -0.1) is 0 Å². The summed E-state index contributed by atoms with van der Waals surface area (Å²) in [6.45, 7) is 3.41. The third kappa shape index (κ3) is 1.86. The Labute approximate surface area is 91.9 Å². The quantitative estimate of drug-likeness (QED) is 0.800. The minimum atomic E-state index is -1.07. The van der Waals surface area contributed by atoms with Crippen LogP contribution in [0.3, 0.4) is 0 Å². The van der Waals surface area contributed by atoms with Crippen molar-refractivity contribution in [2.24, 2.45) is 4.99 Å². The number of hydrogen-bond donors (Lipinski definition) is 1. The van der Waals surface area contributed by atoms with Gasteiger partial charge in [0.05, 0.1) is 5.69 Å². The van der Waals surface area contributed by atoms with Gasteiger partial charge in [0.15, 0.2) is 0 Å². The molecule has 0 amide bonds. The summed E-state index contributed by atoms with van der Waals surface area (Å²) < 4.78 is 5.16. The molecule has 1 heterocycles. The lowest BCUT2D eigenvalue weighted by Gasteiger charge is -1.97. The maximum Gasteiger partial charge on any atom is 0.371 e. The molecule has 4 nitrogen and oxygen atoms in total. The van der Waals surface area contributed by atoms with Crippen molar-refractivity contribution in [3.8, 4) is 11.3 Å². The van der Waals surface area contributed by atoms with Gasteiger partial charge < -0.3 is 9.52 Å². The number of carboxylic acids is 1. The molecule has 16 heavy (non-hydrogen) atoms. The predicted molar refractivity (Wildman–Crippen MR) is 60.3 cm³/mol. The average molecular weight is 215 g/mol. The maximum absolute atomic E-state index is 10.6. The van der Waals surface area contributed by atoms with Gasteiger partial charge in [0.2, 0.25) is 5.76 Å². The lowest BCUT2D eigenvalue weighted by molar-refractivity contribution is 0.0663. The number of carboxylic acid groups (broad SMARTS) is 1. The molecule has 2 aromatic rings. The number of nitrogens with zero attached hydrogens (tertiary/aromatic N) is 1. The molecule has 2 rings (SSSR count). The highest BCUT2D eigenvalue weighted by atomic mass is 16.4. The number of aromatic carboxylic acids is 1. The van der Waals surface area contributed by atoms with Gasteiger partial charge in [0.1, 0.15) is 5.76 Å². The minimum Gasteiger partial charge on any atom is -0.475 e. The van der Waals surface area contributed by atoms with Crippen molar-refractivity contribution in [2.75, 3.05) is 0 Å². The van der Waals surface area contributed by atoms with Crippen LogP contribution in [0.5, 0.6) is 0 Å². The summed E-state index contributed by atoms with van der Waals surface area (Å²) in [7, 11) is 0. The van der Waals surface area contributed by atoms with E-state index in [2.05, 4.69) is 11.7 Å². The Kier molecular flexibility index (Phi) is 2.55. The van der Waals surface area contributed by atoms with E-state index in [-0.39, 0.29) is 5.76 Å². The number of hydrogen-bond acceptors (Lipinski definition) is 3. The van der Waals surface area contributed by atoms with Crippen LogP contribution in [-0.2, 0) is 0 Å². The second-order valence-electron chi connectivity index (χ2n) is 3.17. The first kappa shape index (κ1) is 10.2. The monoisotopic (exact) mass is 215 g/mol. The Hall–Kier alpha value is -2.36. The molecule has 4 heteroatoms. The molecule has 1 aromatic heterocycles. The molecule has 0 radical (unpaired) electrons. The zero-order chi connectivity index (χ0) is 11.5. The Morgan fingerprint density at radius 1 is 1.19 bits per heavy atom. The second-order valence-corrected chi connectivity index (χ2v) is 3.17. The van der Waals surface area contributed by atoms with E-state index in [1.165, 1.54) is 6.07 Å². The first-order valence-corrected chi connectivity index (χ1v) is 4.61. The average Bonchev–Trinajstić information content (AvgIpc) is 2.78. The summed E-state index contributed by atoms with van der Waals surface area (Å²) in [5.41, 5.74) is 1.56. The number of aliphatic imine (C=N–C) groups is 1. The lowest BCUT2D eigenvalue weighted by atomic mass is 10.1. The molecule has 0 aliphatic carbocycles. The fourth-order valence-electron chi connectivity index (χ4n) is 1.34. The summed E-state index contributed by atoms with van der Waals surface area (Å²) in [4.78, 5) is 14.4. The van der Waals surface area contributed by atoms with Crippen LogP contribution in [0.1, 0.15) is 10.6 Å². The summed E-state index contributed by atoms with van der Waals surface area (Å²) in [5.74, 6) is -0.621. The molecular formula is C12H9NO3. The van der Waals surface area contributed by atoms with Crippen molar-refractivity contribution >= 4 is 18.4 Å². The molecule has 1 N–H and O–H groups in total. The normalized spacial score (nSPS) is 10.0. The van der Waals surface area contributed by atoms with Crippen LogP contribution in [0.15, 0.2) is 45.8 Å². The van der Waals surface area contributed by atoms with E-state index >= 15 is 0 Å². The predicted octanol–water partition coefficient (Wildman–Crippen LogP) is 2.98. The zero-order valence-electron chi connectivity index (χ0n) is 8.38. The maximum atomic E-state index is 10.6. The first-order chi connectivity index (χ1) is 7.70. The van der Waals surface area contributed by atoms with E-state index in [1.54, 1.807) is 30.3 Å². The third-order valence-corrected chi connectivity index (χ3v) is 2.15. The van der Waals surface area contributed by atoms with Gasteiger partial charge in [-0.25, -0.2) is 4.79 Å². The van der Waals surface area contributed by atoms with Gasteiger partial charge >= 0.3 is 5.97 Å². The zero-order valence-corrected chi connectivity index (χ0v) is 8.38.